The van der Waals surface area contributed by atoms with Gasteiger partial charge in [-0.15, -0.1) is 0 Å². The molecule has 138 valence electrons. The van der Waals surface area contributed by atoms with Crippen LogP contribution < -0.4 is 20.1 Å². The topological polar surface area (TPSA) is 68.8 Å². The first-order valence-corrected chi connectivity index (χ1v) is 8.32. The number of hydrogen-bond acceptors (Lipinski definition) is 5. The molecule has 0 saturated carbocycles. The van der Waals surface area contributed by atoms with Crippen molar-refractivity contribution >= 4 is 11.6 Å². The van der Waals surface area contributed by atoms with Gasteiger partial charge in [0.25, 0.3) is 5.91 Å². The predicted molar refractivity (Wildman–Crippen MR) is 95.4 cm³/mol. The molecule has 2 aromatic rings. The average molecular weight is 360 g/mol. The molecule has 2 aromatic carbocycles. The van der Waals surface area contributed by atoms with E-state index in [1.165, 1.54) is 18.2 Å². The van der Waals surface area contributed by atoms with Gasteiger partial charge in [-0.05, 0) is 36.8 Å². The molecule has 2 N–H and O–H groups in total. The van der Waals surface area contributed by atoms with Crippen molar-refractivity contribution in [2.24, 2.45) is 0 Å². The molecule has 1 aliphatic heterocycles. The summed E-state index contributed by atoms with van der Waals surface area (Å²) in [6.45, 7) is 3.49. The summed E-state index contributed by atoms with van der Waals surface area (Å²) in [6, 6.07) is 9.41. The molecule has 1 aliphatic rings. The van der Waals surface area contributed by atoms with Gasteiger partial charge in [-0.25, -0.2) is 4.39 Å². The highest BCUT2D eigenvalue weighted by Gasteiger charge is 2.23. The minimum atomic E-state index is -0.631. The van der Waals surface area contributed by atoms with Crippen LogP contribution in [0.2, 0.25) is 0 Å². The highest BCUT2D eigenvalue weighted by molar-refractivity contribution is 5.95. The number of methoxy groups -OCH3 is 1. The number of amides is 1. The molecule has 3 rings (SSSR count). The zero-order valence-corrected chi connectivity index (χ0v) is 14.7. The maximum absolute atomic E-state index is 13.7. The van der Waals surface area contributed by atoms with Gasteiger partial charge in [0.2, 0.25) is 0 Å². The summed E-state index contributed by atoms with van der Waals surface area (Å²) in [5.41, 5.74) is 1.25. The lowest BCUT2D eigenvalue weighted by atomic mass is 10.2. The maximum atomic E-state index is 13.7. The Morgan fingerprint density at radius 1 is 1.23 bits per heavy atom. The lowest BCUT2D eigenvalue weighted by Gasteiger charge is -2.23. The van der Waals surface area contributed by atoms with E-state index >= 15 is 0 Å². The fourth-order valence-corrected chi connectivity index (χ4v) is 2.61. The van der Waals surface area contributed by atoms with E-state index in [0.29, 0.717) is 36.9 Å². The Morgan fingerprint density at radius 2 is 2.04 bits per heavy atom. The van der Waals surface area contributed by atoms with Crippen molar-refractivity contribution in [3.05, 3.63) is 47.8 Å². The summed E-state index contributed by atoms with van der Waals surface area (Å²) in [7, 11) is 1.54. The number of morpholine rings is 1. The molecule has 6 nitrogen and oxygen atoms in total. The van der Waals surface area contributed by atoms with Crippen LogP contribution in [0, 0.1) is 12.7 Å². The largest absolute Gasteiger partial charge is 0.493 e. The SMILES string of the molecule is COc1cc(C)ccc1Oc1ccc(F)cc1NC(=O)C1CNCCO1. The Labute approximate surface area is 151 Å². The third kappa shape index (κ3) is 4.30. The number of nitrogens with one attached hydrogen (secondary N) is 2. The van der Waals surface area contributed by atoms with Gasteiger partial charge in [0.1, 0.15) is 11.9 Å². The highest BCUT2D eigenvalue weighted by Crippen LogP contribution is 2.36. The highest BCUT2D eigenvalue weighted by atomic mass is 19.1. The van der Waals surface area contributed by atoms with Crippen LogP contribution in [-0.4, -0.2) is 38.8 Å². The Kier molecular flexibility index (Phi) is 5.70. The number of carbonyl (C=O) groups is 1. The second kappa shape index (κ2) is 8.16. The van der Waals surface area contributed by atoms with Crippen molar-refractivity contribution in [1.82, 2.24) is 5.32 Å². The van der Waals surface area contributed by atoms with Crippen molar-refractivity contribution in [3.8, 4) is 17.2 Å². The van der Waals surface area contributed by atoms with Crippen molar-refractivity contribution in [3.63, 3.8) is 0 Å². The first kappa shape index (κ1) is 18.2. The molecule has 0 bridgehead atoms. The molecule has 0 aliphatic carbocycles. The molecular formula is C19H21FN2O4. The van der Waals surface area contributed by atoms with Crippen molar-refractivity contribution in [1.29, 1.82) is 0 Å². The molecule has 26 heavy (non-hydrogen) atoms. The molecule has 0 aromatic heterocycles. The molecule has 1 fully saturated rings. The summed E-state index contributed by atoms with van der Waals surface area (Å²) >= 11 is 0. The fraction of sp³-hybridized carbons (Fsp3) is 0.316. The van der Waals surface area contributed by atoms with E-state index in [1.54, 1.807) is 13.2 Å². The van der Waals surface area contributed by atoms with Gasteiger partial charge in [0, 0.05) is 19.2 Å². The van der Waals surface area contributed by atoms with Crippen molar-refractivity contribution in [2.75, 3.05) is 32.1 Å². The molecule has 1 amide bonds. The average Bonchev–Trinajstić information content (AvgIpc) is 2.65. The molecule has 0 spiro atoms. The molecule has 7 heteroatoms. The number of benzene rings is 2. The number of anilines is 1. The van der Waals surface area contributed by atoms with Gasteiger partial charge in [0.05, 0.1) is 19.4 Å². The first-order valence-electron chi connectivity index (χ1n) is 8.32. The summed E-state index contributed by atoms with van der Waals surface area (Å²) in [4.78, 5) is 12.4. The standard InChI is InChI=1S/C19H21FN2O4/c1-12-3-5-16(17(9-12)24-2)26-15-6-4-13(20)10-14(15)22-19(23)18-11-21-7-8-25-18/h3-6,9-10,18,21H,7-8,11H2,1-2H3,(H,22,23). The molecule has 1 atom stereocenters. The fourth-order valence-electron chi connectivity index (χ4n) is 2.61. The smallest absolute Gasteiger partial charge is 0.254 e. The second-order valence-corrected chi connectivity index (χ2v) is 5.95. The van der Waals surface area contributed by atoms with Crippen molar-refractivity contribution in [2.45, 2.75) is 13.0 Å². The maximum Gasteiger partial charge on any atom is 0.254 e. The minimum Gasteiger partial charge on any atom is -0.493 e. The number of carbonyl (C=O) groups excluding carboxylic acids is 1. The van der Waals surface area contributed by atoms with E-state index in [4.69, 9.17) is 14.2 Å². The quantitative estimate of drug-likeness (QED) is 0.858. The number of aryl methyl sites for hydroxylation is 1. The minimum absolute atomic E-state index is 0.229. The van der Waals surface area contributed by atoms with Gasteiger partial charge in [0.15, 0.2) is 17.2 Å². The summed E-state index contributed by atoms with van der Waals surface area (Å²) in [5.74, 6) is 0.489. The number of halogens is 1. The Hall–Kier alpha value is -2.64. The Bertz CT molecular complexity index is 791. The molecule has 1 unspecified atom stereocenters. The predicted octanol–water partition coefficient (Wildman–Crippen LogP) is 2.86. The van der Waals surface area contributed by atoms with Gasteiger partial charge in [-0.1, -0.05) is 6.07 Å². The summed E-state index contributed by atoms with van der Waals surface area (Å²) in [6.07, 6.45) is -0.631. The molecule has 0 radical (unpaired) electrons. The van der Waals surface area contributed by atoms with E-state index < -0.39 is 11.9 Å². The summed E-state index contributed by atoms with van der Waals surface area (Å²) < 4.78 is 30.3. The van der Waals surface area contributed by atoms with Crippen LogP contribution >= 0.6 is 0 Å². The van der Waals surface area contributed by atoms with E-state index in [2.05, 4.69) is 10.6 Å². The van der Waals surface area contributed by atoms with Crippen LogP contribution in [0.25, 0.3) is 0 Å². The van der Waals surface area contributed by atoms with Crippen LogP contribution in [0.3, 0.4) is 0 Å². The third-order valence-corrected chi connectivity index (χ3v) is 3.96. The third-order valence-electron chi connectivity index (χ3n) is 3.96. The lowest BCUT2D eigenvalue weighted by molar-refractivity contribution is -0.128. The Balaban J connectivity index is 1.83. The second-order valence-electron chi connectivity index (χ2n) is 5.95. The van der Waals surface area contributed by atoms with Gasteiger partial charge < -0.3 is 24.8 Å². The van der Waals surface area contributed by atoms with Crippen LogP contribution in [0.4, 0.5) is 10.1 Å². The van der Waals surface area contributed by atoms with E-state index in [0.717, 1.165) is 5.56 Å². The van der Waals surface area contributed by atoms with Gasteiger partial charge >= 0.3 is 0 Å². The van der Waals surface area contributed by atoms with Crippen LogP contribution in [0.15, 0.2) is 36.4 Å². The lowest BCUT2D eigenvalue weighted by Crippen LogP contribution is -2.45. The van der Waals surface area contributed by atoms with Crippen LogP contribution in [-0.2, 0) is 9.53 Å². The number of rotatable bonds is 5. The normalized spacial score (nSPS) is 16.8. The molecule has 1 saturated heterocycles. The van der Waals surface area contributed by atoms with E-state index in [-0.39, 0.29) is 11.6 Å². The van der Waals surface area contributed by atoms with Gasteiger partial charge in [-0.2, -0.15) is 0 Å². The van der Waals surface area contributed by atoms with Crippen LogP contribution in [0.1, 0.15) is 5.56 Å². The number of ether oxygens (including phenoxy) is 3. The molecular weight excluding hydrogens is 339 g/mol. The van der Waals surface area contributed by atoms with E-state index in [1.807, 2.05) is 19.1 Å². The zero-order chi connectivity index (χ0) is 18.5. The molecule has 1 heterocycles. The van der Waals surface area contributed by atoms with Crippen LogP contribution in [0.5, 0.6) is 17.2 Å². The van der Waals surface area contributed by atoms with Gasteiger partial charge in [-0.3, -0.25) is 4.79 Å². The Morgan fingerprint density at radius 3 is 2.77 bits per heavy atom. The zero-order valence-electron chi connectivity index (χ0n) is 14.7. The number of hydrogen-bond donors (Lipinski definition) is 2. The van der Waals surface area contributed by atoms with Crippen molar-refractivity contribution < 1.29 is 23.4 Å². The summed E-state index contributed by atoms with van der Waals surface area (Å²) in [5, 5.41) is 5.76. The first-order chi connectivity index (χ1) is 12.6. The monoisotopic (exact) mass is 360 g/mol. The van der Waals surface area contributed by atoms with E-state index in [9.17, 15) is 9.18 Å².